The number of aliphatic hydroxyl groups excluding tert-OH is 1. The highest BCUT2D eigenvalue weighted by molar-refractivity contribution is 5.85. The Balaban J connectivity index is 0.00000144. The molecule has 2 fully saturated rings. The van der Waals surface area contributed by atoms with Gasteiger partial charge >= 0.3 is 0 Å². The van der Waals surface area contributed by atoms with Crippen molar-refractivity contribution < 1.29 is 5.11 Å². The molecule has 4 atom stereocenters. The molecule has 1 unspecified atom stereocenters. The third-order valence-electron chi connectivity index (χ3n) is 6.62. The highest BCUT2D eigenvalue weighted by Crippen LogP contribution is 2.55. The number of likely N-dealkylation sites (N-methyl/N-ethyl adjacent to an activating group) is 1. The van der Waals surface area contributed by atoms with Gasteiger partial charge in [-0.3, -0.25) is 0 Å². The largest absolute Gasteiger partial charge is 0.389 e. The number of piperidine rings is 1. The minimum Gasteiger partial charge on any atom is -0.389 e. The van der Waals surface area contributed by atoms with E-state index < -0.39 is 0 Å². The van der Waals surface area contributed by atoms with Crippen molar-refractivity contribution in [2.75, 3.05) is 13.6 Å². The van der Waals surface area contributed by atoms with E-state index in [4.69, 9.17) is 0 Å². The molecule has 2 aliphatic carbocycles. The average molecular weight is 322 g/mol. The molecule has 3 aliphatic rings. The molecule has 3 heteroatoms. The molecule has 1 heterocycles. The Morgan fingerprint density at radius 2 is 2.09 bits per heavy atom. The Morgan fingerprint density at radius 1 is 1.27 bits per heavy atom. The van der Waals surface area contributed by atoms with Gasteiger partial charge in [-0.2, -0.15) is 0 Å². The molecule has 1 saturated carbocycles. The van der Waals surface area contributed by atoms with Crippen molar-refractivity contribution in [2.24, 2.45) is 5.92 Å². The van der Waals surface area contributed by atoms with Crippen LogP contribution in [-0.2, 0) is 11.8 Å². The van der Waals surface area contributed by atoms with Gasteiger partial charge in [0.1, 0.15) is 0 Å². The minimum atomic E-state index is -0.349. The van der Waals surface area contributed by atoms with Crippen molar-refractivity contribution in [1.82, 2.24) is 4.90 Å². The molecule has 2 bridgehead atoms. The third-order valence-corrected chi connectivity index (χ3v) is 6.62. The van der Waals surface area contributed by atoms with Gasteiger partial charge < -0.3 is 10.0 Å². The summed E-state index contributed by atoms with van der Waals surface area (Å²) >= 11 is 0. The zero-order valence-corrected chi connectivity index (χ0v) is 14.5. The number of fused-ring (bicyclic) bond motifs is 1. The Hall–Kier alpha value is -0.570. The number of aliphatic hydroxyl groups is 1. The van der Waals surface area contributed by atoms with Crippen LogP contribution >= 0.6 is 12.4 Å². The summed E-state index contributed by atoms with van der Waals surface area (Å²) in [7, 11) is 2.32. The number of hydrogen-bond acceptors (Lipinski definition) is 2. The van der Waals surface area contributed by atoms with Crippen LogP contribution < -0.4 is 0 Å². The quantitative estimate of drug-likeness (QED) is 0.849. The molecule has 1 N–H and O–H groups in total. The van der Waals surface area contributed by atoms with Crippen molar-refractivity contribution >= 4 is 12.4 Å². The molecule has 2 nitrogen and oxygen atoms in total. The summed E-state index contributed by atoms with van der Waals surface area (Å²) in [6.45, 7) is 3.12. The number of benzene rings is 1. The van der Waals surface area contributed by atoms with E-state index in [0.717, 1.165) is 17.5 Å². The number of hydrogen-bond donors (Lipinski definition) is 1. The van der Waals surface area contributed by atoms with Crippen LogP contribution in [0.3, 0.4) is 0 Å². The lowest BCUT2D eigenvalue weighted by Crippen LogP contribution is -2.59. The summed E-state index contributed by atoms with van der Waals surface area (Å²) in [5.41, 5.74) is 4.65. The summed E-state index contributed by atoms with van der Waals surface area (Å²) in [5, 5.41) is 9.98. The lowest BCUT2D eigenvalue weighted by molar-refractivity contribution is 0.00271. The highest BCUT2D eigenvalue weighted by Gasteiger charge is 2.52. The maximum absolute atomic E-state index is 9.98. The van der Waals surface area contributed by atoms with Gasteiger partial charge in [0.05, 0.1) is 6.10 Å². The number of likely N-dealkylation sites (tertiary alicyclic amines) is 1. The van der Waals surface area contributed by atoms with Gasteiger partial charge in [0.15, 0.2) is 0 Å². The average Bonchev–Trinajstić information content (AvgIpc) is 2.50. The standard InChI is InChI=1S/C19H27NO.ClH/c1-13(21)14-6-7-15-12-18-16-5-3-4-8-19(16,17(15)11-14)9-10-20(18)2;/h6-7,11,13,16,18,21H,3-5,8-10,12H2,1-2H3;1H/t13?,16-,18+,19+;/m0./s1. The lowest BCUT2D eigenvalue weighted by atomic mass is 9.52. The van der Waals surface area contributed by atoms with E-state index in [-0.39, 0.29) is 18.5 Å². The molecule has 1 aliphatic heterocycles. The Labute approximate surface area is 140 Å². The summed E-state index contributed by atoms with van der Waals surface area (Å²) < 4.78 is 0. The van der Waals surface area contributed by atoms with E-state index in [1.54, 1.807) is 11.1 Å². The second kappa shape index (κ2) is 5.81. The van der Waals surface area contributed by atoms with Gasteiger partial charge in [0.2, 0.25) is 0 Å². The van der Waals surface area contributed by atoms with Gasteiger partial charge in [-0.05, 0) is 68.8 Å². The van der Waals surface area contributed by atoms with E-state index in [2.05, 4.69) is 30.1 Å². The summed E-state index contributed by atoms with van der Waals surface area (Å²) in [6.07, 6.45) is 7.70. The van der Waals surface area contributed by atoms with Crippen LogP contribution in [0.25, 0.3) is 0 Å². The number of rotatable bonds is 1. The molecule has 1 saturated heterocycles. The summed E-state index contributed by atoms with van der Waals surface area (Å²) in [5.74, 6) is 0.835. The first-order valence-corrected chi connectivity index (χ1v) is 8.63. The maximum atomic E-state index is 9.98. The minimum absolute atomic E-state index is 0. The van der Waals surface area contributed by atoms with E-state index >= 15 is 0 Å². The van der Waals surface area contributed by atoms with E-state index in [9.17, 15) is 5.11 Å². The van der Waals surface area contributed by atoms with Crippen LogP contribution in [0.4, 0.5) is 0 Å². The molecule has 22 heavy (non-hydrogen) atoms. The van der Waals surface area contributed by atoms with Crippen LogP contribution in [-0.4, -0.2) is 29.6 Å². The Kier molecular flexibility index (Phi) is 4.30. The van der Waals surface area contributed by atoms with Crippen molar-refractivity contribution in [3.8, 4) is 0 Å². The van der Waals surface area contributed by atoms with Crippen molar-refractivity contribution in [3.63, 3.8) is 0 Å². The molecule has 0 amide bonds. The third kappa shape index (κ3) is 2.23. The predicted molar refractivity (Wildman–Crippen MR) is 92.7 cm³/mol. The van der Waals surface area contributed by atoms with Gasteiger partial charge in [-0.1, -0.05) is 31.0 Å². The SMILES string of the molecule is CC(O)c1ccc2c(c1)[C@@]13CCCC[C@H]1[C@@H](C2)N(C)CC3.Cl. The van der Waals surface area contributed by atoms with Gasteiger partial charge in [0.25, 0.3) is 0 Å². The van der Waals surface area contributed by atoms with Crippen molar-refractivity contribution in [2.45, 2.75) is 63.0 Å². The number of nitrogens with zero attached hydrogens (tertiary/aromatic N) is 1. The molecule has 122 valence electrons. The summed E-state index contributed by atoms with van der Waals surface area (Å²) in [6, 6.07) is 7.53. The first kappa shape index (κ1) is 16.3. The smallest absolute Gasteiger partial charge is 0.0762 e. The molecule has 1 aromatic rings. The van der Waals surface area contributed by atoms with Crippen molar-refractivity contribution in [3.05, 3.63) is 34.9 Å². The molecule has 1 aromatic carbocycles. The first-order valence-electron chi connectivity index (χ1n) is 8.63. The van der Waals surface area contributed by atoms with Crippen LogP contribution in [0.15, 0.2) is 18.2 Å². The van der Waals surface area contributed by atoms with Crippen LogP contribution in [0.5, 0.6) is 0 Å². The predicted octanol–water partition coefficient (Wildman–Crippen LogP) is 3.85. The molecular weight excluding hydrogens is 294 g/mol. The number of halogens is 1. The van der Waals surface area contributed by atoms with Crippen LogP contribution in [0, 0.1) is 5.92 Å². The van der Waals surface area contributed by atoms with E-state index in [1.807, 2.05) is 6.92 Å². The fourth-order valence-corrected chi connectivity index (χ4v) is 5.47. The van der Waals surface area contributed by atoms with E-state index in [0.29, 0.717) is 5.41 Å². The van der Waals surface area contributed by atoms with Gasteiger partial charge in [-0.25, -0.2) is 0 Å². The second-order valence-corrected chi connectivity index (χ2v) is 7.60. The molecular formula is C19H28ClNO. The van der Waals surface area contributed by atoms with Crippen LogP contribution in [0.1, 0.15) is 61.8 Å². The molecule has 0 spiro atoms. The van der Waals surface area contributed by atoms with Gasteiger partial charge in [0, 0.05) is 11.5 Å². The fourth-order valence-electron chi connectivity index (χ4n) is 5.47. The molecule has 0 radical (unpaired) electrons. The fraction of sp³-hybridized carbons (Fsp3) is 0.684. The van der Waals surface area contributed by atoms with E-state index in [1.165, 1.54) is 45.1 Å². The zero-order valence-electron chi connectivity index (χ0n) is 13.7. The lowest BCUT2D eigenvalue weighted by Gasteiger charge is -2.58. The molecule has 0 aromatic heterocycles. The zero-order chi connectivity index (χ0) is 14.6. The van der Waals surface area contributed by atoms with Gasteiger partial charge in [-0.15, -0.1) is 12.4 Å². The topological polar surface area (TPSA) is 23.5 Å². The monoisotopic (exact) mass is 321 g/mol. The highest BCUT2D eigenvalue weighted by atomic mass is 35.5. The maximum Gasteiger partial charge on any atom is 0.0762 e. The normalized spacial score (nSPS) is 35.0. The Bertz CT molecular complexity index is 558. The van der Waals surface area contributed by atoms with Crippen molar-refractivity contribution in [1.29, 1.82) is 0 Å². The molecule has 4 rings (SSSR count). The second-order valence-electron chi connectivity index (χ2n) is 7.60. The Morgan fingerprint density at radius 3 is 2.86 bits per heavy atom. The van der Waals surface area contributed by atoms with Crippen LogP contribution in [0.2, 0.25) is 0 Å². The first-order chi connectivity index (χ1) is 10.1. The summed E-state index contributed by atoms with van der Waals surface area (Å²) in [4.78, 5) is 2.61.